The van der Waals surface area contributed by atoms with Gasteiger partial charge in [0.25, 0.3) is 0 Å². The second-order valence-corrected chi connectivity index (χ2v) is 8.31. The normalized spacial score (nSPS) is 23.6. The van der Waals surface area contributed by atoms with E-state index in [1.165, 1.54) is 0 Å². The number of nitrogens with zero attached hydrogens (tertiary/aromatic N) is 2. The Balaban J connectivity index is 1.87. The summed E-state index contributed by atoms with van der Waals surface area (Å²) in [5.74, 6) is 0.660. The van der Waals surface area contributed by atoms with Crippen molar-refractivity contribution in [3.63, 3.8) is 0 Å². The van der Waals surface area contributed by atoms with Crippen LogP contribution in [-0.2, 0) is 4.79 Å². The van der Waals surface area contributed by atoms with Crippen LogP contribution in [0.1, 0.15) is 43.0 Å². The summed E-state index contributed by atoms with van der Waals surface area (Å²) in [6.07, 6.45) is 2.73. The number of carbonyl (C=O) groups excluding carboxylic acids is 1. The lowest BCUT2D eigenvalue weighted by atomic mass is 9.67. The molecule has 2 aliphatic rings. The molecule has 2 heterocycles. The average Bonchev–Trinajstić information content (AvgIpc) is 2.93. The number of ketones is 1. The molecule has 1 N–H and O–H groups in total. The number of rotatable bonds is 2. The molecule has 0 radical (unpaired) electrons. The number of carbonyl (C=O) groups is 1. The highest BCUT2D eigenvalue weighted by Crippen LogP contribution is 2.50. The van der Waals surface area contributed by atoms with E-state index in [9.17, 15) is 4.79 Å². The molecule has 0 bridgehead atoms. The Morgan fingerprint density at radius 3 is 2.54 bits per heavy atom. The van der Waals surface area contributed by atoms with Gasteiger partial charge in [-0.15, -0.1) is 0 Å². The van der Waals surface area contributed by atoms with Crippen LogP contribution in [0.25, 0.3) is 0 Å². The summed E-state index contributed by atoms with van der Waals surface area (Å²) in [5, 5.41) is 7.49. The molecule has 26 heavy (non-hydrogen) atoms. The Hall–Kier alpha value is -2.56. The first kappa shape index (κ1) is 16.9. The number of nitrogens with one attached hydrogen (secondary N) is 1. The smallest absolute Gasteiger partial charge is 0.232 e. The number of benzene rings is 1. The summed E-state index contributed by atoms with van der Waals surface area (Å²) in [7, 11) is 4.05. The maximum absolute atomic E-state index is 13.1. The first-order chi connectivity index (χ1) is 12.3. The summed E-state index contributed by atoms with van der Waals surface area (Å²) in [6.45, 7) is 6.13. The fraction of sp³-hybridized carbons (Fsp3) is 0.429. The molecule has 0 saturated heterocycles. The van der Waals surface area contributed by atoms with Gasteiger partial charge in [-0.1, -0.05) is 37.2 Å². The number of hydrogen-bond donors (Lipinski definition) is 1. The molecule has 1 aliphatic heterocycles. The zero-order valence-corrected chi connectivity index (χ0v) is 16.0. The Kier molecular flexibility index (Phi) is 3.72. The van der Waals surface area contributed by atoms with Crippen LogP contribution in [0.5, 0.6) is 0 Å². The van der Waals surface area contributed by atoms with E-state index in [4.69, 9.17) is 4.52 Å². The molecule has 1 aromatic carbocycles. The first-order valence-corrected chi connectivity index (χ1v) is 9.03. The lowest BCUT2D eigenvalue weighted by Gasteiger charge is -2.39. The van der Waals surface area contributed by atoms with Crippen LogP contribution in [0.2, 0.25) is 0 Å². The van der Waals surface area contributed by atoms with Crippen LogP contribution in [0.4, 0.5) is 11.6 Å². The second-order valence-electron chi connectivity index (χ2n) is 8.31. The predicted molar refractivity (Wildman–Crippen MR) is 102 cm³/mol. The maximum Gasteiger partial charge on any atom is 0.232 e. The molecule has 5 nitrogen and oxygen atoms in total. The Morgan fingerprint density at radius 2 is 1.88 bits per heavy atom. The molecule has 0 saturated carbocycles. The van der Waals surface area contributed by atoms with E-state index in [2.05, 4.69) is 59.6 Å². The molecule has 1 aromatic heterocycles. The maximum atomic E-state index is 13.1. The van der Waals surface area contributed by atoms with Crippen molar-refractivity contribution in [2.75, 3.05) is 24.3 Å². The van der Waals surface area contributed by atoms with E-state index in [1.807, 2.05) is 21.0 Å². The van der Waals surface area contributed by atoms with Crippen molar-refractivity contribution in [2.45, 2.75) is 33.1 Å². The zero-order chi connectivity index (χ0) is 18.6. The van der Waals surface area contributed by atoms with Crippen molar-refractivity contribution in [3.8, 4) is 0 Å². The van der Waals surface area contributed by atoms with Gasteiger partial charge in [-0.2, -0.15) is 0 Å². The number of aromatic nitrogens is 1. The third-order valence-electron chi connectivity index (χ3n) is 5.44. The average molecular weight is 351 g/mol. The van der Waals surface area contributed by atoms with Gasteiger partial charge >= 0.3 is 0 Å². The number of Topliss-reactive ketones (excluding diaryl/α,β-unsaturated/α-hetero) is 1. The topological polar surface area (TPSA) is 58.4 Å². The summed E-state index contributed by atoms with van der Waals surface area (Å²) in [4.78, 5) is 15.2. The molecular weight excluding hydrogens is 326 g/mol. The van der Waals surface area contributed by atoms with Gasteiger partial charge in [-0.05, 0) is 30.0 Å². The number of aryl methyl sites for hydroxylation is 1. The van der Waals surface area contributed by atoms with Crippen LogP contribution in [0, 0.1) is 18.3 Å². The van der Waals surface area contributed by atoms with Gasteiger partial charge in [0, 0.05) is 43.4 Å². The van der Waals surface area contributed by atoms with E-state index in [1.54, 1.807) is 0 Å². The van der Waals surface area contributed by atoms with Gasteiger partial charge in [0.2, 0.25) is 5.88 Å². The van der Waals surface area contributed by atoms with Crippen LogP contribution in [0.15, 0.2) is 40.6 Å². The Bertz CT molecular complexity index is 890. The minimum Gasteiger partial charge on any atom is -0.378 e. The van der Waals surface area contributed by atoms with Crippen molar-refractivity contribution < 1.29 is 9.32 Å². The third kappa shape index (κ3) is 2.62. The fourth-order valence-electron chi connectivity index (χ4n) is 4.24. The molecule has 0 fully saturated rings. The van der Waals surface area contributed by atoms with E-state index in [-0.39, 0.29) is 23.0 Å². The van der Waals surface area contributed by atoms with Gasteiger partial charge in [0.1, 0.15) is 5.78 Å². The fourth-order valence-corrected chi connectivity index (χ4v) is 4.24. The summed E-state index contributed by atoms with van der Waals surface area (Å²) >= 11 is 0. The SMILES string of the molecule is Cc1noc2c1[C@H](c1ccc(N(C)C)cc1)[C@H]1C(=O)CC(C)(C)C=C1N2. The molecule has 4 rings (SSSR count). The Labute approximate surface area is 154 Å². The van der Waals surface area contributed by atoms with Crippen molar-refractivity contribution >= 4 is 17.4 Å². The van der Waals surface area contributed by atoms with E-state index < -0.39 is 0 Å². The monoisotopic (exact) mass is 351 g/mol. The summed E-state index contributed by atoms with van der Waals surface area (Å²) < 4.78 is 5.53. The van der Waals surface area contributed by atoms with Gasteiger partial charge in [0.05, 0.1) is 11.6 Å². The molecular formula is C21H25N3O2. The van der Waals surface area contributed by atoms with Crippen molar-refractivity contribution in [1.82, 2.24) is 5.16 Å². The van der Waals surface area contributed by atoms with Gasteiger partial charge in [-0.3, -0.25) is 4.79 Å². The van der Waals surface area contributed by atoms with Crippen molar-refractivity contribution in [1.29, 1.82) is 0 Å². The van der Waals surface area contributed by atoms with Crippen molar-refractivity contribution in [2.24, 2.45) is 11.3 Å². The molecule has 2 aromatic rings. The number of fused-ring (bicyclic) bond motifs is 2. The van der Waals surface area contributed by atoms with E-state index in [0.29, 0.717) is 12.3 Å². The molecule has 2 atom stereocenters. The molecule has 5 heteroatoms. The van der Waals surface area contributed by atoms with E-state index >= 15 is 0 Å². The molecule has 1 aliphatic carbocycles. The van der Waals surface area contributed by atoms with Crippen LogP contribution >= 0.6 is 0 Å². The highest BCUT2D eigenvalue weighted by Gasteiger charge is 2.45. The molecule has 0 spiro atoms. The van der Waals surface area contributed by atoms with Gasteiger partial charge in [0.15, 0.2) is 0 Å². The van der Waals surface area contributed by atoms with Gasteiger partial charge < -0.3 is 14.7 Å². The lowest BCUT2D eigenvalue weighted by Crippen LogP contribution is -2.38. The van der Waals surface area contributed by atoms with E-state index in [0.717, 1.165) is 28.2 Å². The molecule has 0 unspecified atom stereocenters. The number of anilines is 2. The van der Waals surface area contributed by atoms with Crippen molar-refractivity contribution in [3.05, 3.63) is 52.9 Å². The minimum absolute atomic E-state index is 0.0661. The lowest BCUT2D eigenvalue weighted by molar-refractivity contribution is -0.124. The highest BCUT2D eigenvalue weighted by molar-refractivity contribution is 5.90. The predicted octanol–water partition coefficient (Wildman–Crippen LogP) is 4.11. The highest BCUT2D eigenvalue weighted by atomic mass is 16.5. The Morgan fingerprint density at radius 1 is 1.19 bits per heavy atom. The quantitative estimate of drug-likeness (QED) is 0.882. The summed E-state index contributed by atoms with van der Waals surface area (Å²) in [5.41, 5.74) is 4.88. The molecule has 0 amide bonds. The van der Waals surface area contributed by atoms with Gasteiger partial charge in [-0.25, -0.2) is 0 Å². The minimum atomic E-state index is -0.209. The number of hydrogen-bond acceptors (Lipinski definition) is 5. The second kappa shape index (κ2) is 5.73. The summed E-state index contributed by atoms with van der Waals surface area (Å²) in [6, 6.07) is 8.43. The standard InChI is InChI=1S/C21H25N3O2/c1-12-17-18(13-6-8-14(9-7-13)24(4)5)19-15(22-20(17)26-23-12)10-21(2,3)11-16(19)25/h6-10,18-19,22H,11H2,1-5H3/t18-,19+/m0/s1. The first-order valence-electron chi connectivity index (χ1n) is 9.03. The van der Waals surface area contributed by atoms with Crippen LogP contribution < -0.4 is 10.2 Å². The largest absolute Gasteiger partial charge is 0.378 e. The number of allylic oxidation sites excluding steroid dienone is 2. The molecule has 136 valence electrons. The zero-order valence-electron chi connectivity index (χ0n) is 16.0. The van der Waals surface area contributed by atoms with Crippen LogP contribution in [0.3, 0.4) is 0 Å². The third-order valence-corrected chi connectivity index (χ3v) is 5.44. The van der Waals surface area contributed by atoms with Crippen LogP contribution in [-0.4, -0.2) is 25.0 Å².